The van der Waals surface area contributed by atoms with Gasteiger partial charge >= 0.3 is 0 Å². The summed E-state index contributed by atoms with van der Waals surface area (Å²) in [5.41, 5.74) is 1.75. The van der Waals surface area contributed by atoms with Crippen molar-refractivity contribution in [1.82, 2.24) is 0 Å². The molecule has 1 aromatic carbocycles. The van der Waals surface area contributed by atoms with Crippen molar-refractivity contribution in [2.75, 3.05) is 0 Å². The molecule has 0 N–H and O–H groups in total. The fraction of sp³-hybridized carbons (Fsp3) is 0.273. The third kappa shape index (κ3) is 2.02. The van der Waals surface area contributed by atoms with Crippen LogP contribution in [0, 0.1) is 6.92 Å². The van der Waals surface area contributed by atoms with Gasteiger partial charge < -0.3 is 0 Å². The zero-order valence-corrected chi connectivity index (χ0v) is 8.84. The first-order chi connectivity index (χ1) is 6.57. The fourth-order valence-corrected chi connectivity index (χ4v) is 1.38. The van der Waals surface area contributed by atoms with Crippen LogP contribution < -0.4 is 0 Å². The molecule has 1 atom stereocenters. The summed E-state index contributed by atoms with van der Waals surface area (Å²) in [6, 6.07) is 5.05. The van der Waals surface area contributed by atoms with Crippen LogP contribution in [-0.2, 0) is 0 Å². The largest absolute Gasteiger partial charge is 0.298 e. The molecule has 0 amide bonds. The summed E-state index contributed by atoms with van der Waals surface area (Å²) in [6.45, 7) is 3.37. The number of hydrogen-bond donors (Lipinski definition) is 0. The van der Waals surface area contributed by atoms with Gasteiger partial charge in [-0.25, -0.2) is 0 Å². The Bertz CT molecular complexity index is 370. The van der Waals surface area contributed by atoms with Crippen LogP contribution in [0.15, 0.2) is 18.2 Å². The van der Waals surface area contributed by atoms with Gasteiger partial charge in [0.25, 0.3) is 0 Å². The molecule has 0 bridgehead atoms. The molecule has 0 aliphatic carbocycles. The molecule has 3 heteroatoms. The van der Waals surface area contributed by atoms with Gasteiger partial charge in [0.2, 0.25) is 0 Å². The molecule has 0 aromatic heterocycles. The van der Waals surface area contributed by atoms with Crippen LogP contribution in [0.4, 0.5) is 0 Å². The number of benzene rings is 1. The molecule has 1 aromatic rings. The molecule has 1 unspecified atom stereocenters. The van der Waals surface area contributed by atoms with Gasteiger partial charge in [0.15, 0.2) is 5.78 Å². The summed E-state index contributed by atoms with van der Waals surface area (Å²) in [7, 11) is 0. The molecule has 0 saturated carbocycles. The Morgan fingerprint density at radius 3 is 2.64 bits per heavy atom. The zero-order chi connectivity index (χ0) is 10.7. The van der Waals surface area contributed by atoms with Crippen molar-refractivity contribution in [2.24, 2.45) is 0 Å². The molecular weight excluding hydrogens is 200 g/mol. The summed E-state index contributed by atoms with van der Waals surface area (Å²) in [5.74, 6) is -0.145. The van der Waals surface area contributed by atoms with Crippen molar-refractivity contribution in [2.45, 2.75) is 19.2 Å². The number of rotatable bonds is 3. The lowest BCUT2D eigenvalue weighted by Crippen LogP contribution is -2.12. The lowest BCUT2D eigenvalue weighted by Gasteiger charge is -2.07. The molecule has 1 rings (SSSR count). The SMILES string of the molecule is Cc1c(C=O)cccc1C(=O)C(C)Cl. The van der Waals surface area contributed by atoms with Gasteiger partial charge in [0.05, 0.1) is 5.38 Å². The Morgan fingerprint density at radius 1 is 1.50 bits per heavy atom. The Morgan fingerprint density at radius 2 is 2.14 bits per heavy atom. The predicted octanol–water partition coefficient (Wildman–Crippen LogP) is 2.62. The molecule has 14 heavy (non-hydrogen) atoms. The van der Waals surface area contributed by atoms with Crippen LogP contribution in [0.25, 0.3) is 0 Å². The van der Waals surface area contributed by atoms with Crippen molar-refractivity contribution >= 4 is 23.7 Å². The number of hydrogen-bond acceptors (Lipinski definition) is 2. The Labute approximate surface area is 87.9 Å². The first-order valence-corrected chi connectivity index (χ1v) is 4.74. The molecule has 0 spiro atoms. The highest BCUT2D eigenvalue weighted by atomic mass is 35.5. The van der Waals surface area contributed by atoms with E-state index in [4.69, 9.17) is 11.6 Å². The molecule has 0 radical (unpaired) electrons. The quantitative estimate of drug-likeness (QED) is 0.437. The van der Waals surface area contributed by atoms with E-state index >= 15 is 0 Å². The number of Topliss-reactive ketones (excluding diaryl/α,β-unsaturated/α-hetero) is 1. The molecule has 0 fully saturated rings. The van der Waals surface area contributed by atoms with Gasteiger partial charge in [0, 0.05) is 11.1 Å². The first-order valence-electron chi connectivity index (χ1n) is 4.31. The van der Waals surface area contributed by atoms with E-state index < -0.39 is 5.38 Å². The Hall–Kier alpha value is -1.15. The number of halogens is 1. The third-order valence-electron chi connectivity index (χ3n) is 2.13. The highest BCUT2D eigenvalue weighted by molar-refractivity contribution is 6.33. The third-order valence-corrected chi connectivity index (χ3v) is 2.33. The maximum atomic E-state index is 11.6. The van der Waals surface area contributed by atoms with E-state index in [2.05, 4.69) is 0 Å². The molecule has 0 aliphatic rings. The average Bonchev–Trinajstić information content (AvgIpc) is 2.17. The summed E-state index contributed by atoms with van der Waals surface area (Å²) in [6.07, 6.45) is 0.741. The maximum Gasteiger partial charge on any atom is 0.180 e. The molecule has 0 heterocycles. The molecule has 2 nitrogen and oxygen atoms in total. The Kier molecular flexibility index (Phi) is 3.42. The number of carbonyl (C=O) groups excluding carboxylic acids is 2. The molecule has 0 saturated heterocycles. The van der Waals surface area contributed by atoms with Crippen LogP contribution in [0.2, 0.25) is 0 Å². The molecule has 0 aliphatic heterocycles. The lowest BCUT2D eigenvalue weighted by atomic mass is 9.99. The second-order valence-corrected chi connectivity index (χ2v) is 3.77. The summed E-state index contributed by atoms with van der Waals surface area (Å²) >= 11 is 5.69. The van der Waals surface area contributed by atoms with Crippen LogP contribution in [0.5, 0.6) is 0 Å². The van der Waals surface area contributed by atoms with E-state index in [9.17, 15) is 9.59 Å². The van der Waals surface area contributed by atoms with E-state index in [1.807, 2.05) is 0 Å². The minimum atomic E-state index is -0.560. The molecular formula is C11H11ClO2. The van der Waals surface area contributed by atoms with E-state index in [-0.39, 0.29) is 5.78 Å². The number of aldehydes is 1. The van der Waals surface area contributed by atoms with Gasteiger partial charge in [-0.2, -0.15) is 0 Å². The minimum absolute atomic E-state index is 0.145. The van der Waals surface area contributed by atoms with E-state index in [0.29, 0.717) is 16.7 Å². The van der Waals surface area contributed by atoms with Crippen molar-refractivity contribution in [3.63, 3.8) is 0 Å². The highest BCUT2D eigenvalue weighted by Gasteiger charge is 2.15. The number of ketones is 1. The van der Waals surface area contributed by atoms with Gasteiger partial charge in [-0.15, -0.1) is 11.6 Å². The number of alkyl halides is 1. The van der Waals surface area contributed by atoms with Gasteiger partial charge in [-0.1, -0.05) is 18.2 Å². The normalized spacial score (nSPS) is 12.2. The highest BCUT2D eigenvalue weighted by Crippen LogP contribution is 2.15. The number of carbonyl (C=O) groups is 2. The second-order valence-electron chi connectivity index (χ2n) is 3.12. The monoisotopic (exact) mass is 210 g/mol. The average molecular weight is 211 g/mol. The van der Waals surface area contributed by atoms with Gasteiger partial charge in [-0.05, 0) is 19.4 Å². The zero-order valence-electron chi connectivity index (χ0n) is 8.08. The van der Waals surface area contributed by atoms with Crippen LogP contribution >= 0.6 is 11.6 Å². The van der Waals surface area contributed by atoms with Crippen LogP contribution in [0.3, 0.4) is 0 Å². The fourth-order valence-electron chi connectivity index (χ4n) is 1.26. The summed E-state index contributed by atoms with van der Waals surface area (Å²) < 4.78 is 0. The first kappa shape index (κ1) is 10.9. The Balaban J connectivity index is 3.22. The van der Waals surface area contributed by atoms with E-state index in [0.717, 1.165) is 6.29 Å². The van der Waals surface area contributed by atoms with Crippen molar-refractivity contribution < 1.29 is 9.59 Å². The predicted molar refractivity (Wildman–Crippen MR) is 56.2 cm³/mol. The van der Waals surface area contributed by atoms with E-state index in [1.54, 1.807) is 32.0 Å². The van der Waals surface area contributed by atoms with Crippen LogP contribution in [0.1, 0.15) is 33.2 Å². The van der Waals surface area contributed by atoms with Crippen molar-refractivity contribution in [1.29, 1.82) is 0 Å². The summed E-state index contributed by atoms with van der Waals surface area (Å²) in [4.78, 5) is 22.2. The lowest BCUT2D eigenvalue weighted by molar-refractivity contribution is 0.0991. The van der Waals surface area contributed by atoms with Crippen molar-refractivity contribution in [3.05, 3.63) is 34.9 Å². The maximum absolute atomic E-state index is 11.6. The standard InChI is InChI=1S/C11H11ClO2/c1-7-9(6-13)4-3-5-10(7)11(14)8(2)12/h3-6,8H,1-2H3. The second kappa shape index (κ2) is 4.38. The topological polar surface area (TPSA) is 34.1 Å². The smallest absolute Gasteiger partial charge is 0.180 e. The van der Waals surface area contributed by atoms with Gasteiger partial charge in [0.1, 0.15) is 6.29 Å². The van der Waals surface area contributed by atoms with Gasteiger partial charge in [-0.3, -0.25) is 9.59 Å². The van der Waals surface area contributed by atoms with E-state index in [1.165, 1.54) is 0 Å². The van der Waals surface area contributed by atoms with Crippen molar-refractivity contribution in [3.8, 4) is 0 Å². The summed E-state index contributed by atoms with van der Waals surface area (Å²) in [5, 5.41) is -0.560. The van der Waals surface area contributed by atoms with Crippen LogP contribution in [-0.4, -0.2) is 17.4 Å². The minimum Gasteiger partial charge on any atom is -0.298 e. The molecule has 74 valence electrons.